The lowest BCUT2D eigenvalue weighted by atomic mass is 9.89. The maximum atomic E-state index is 12.1. The predicted molar refractivity (Wildman–Crippen MR) is 87.2 cm³/mol. The summed E-state index contributed by atoms with van der Waals surface area (Å²) in [6.07, 6.45) is 4.11. The normalized spacial score (nSPS) is 16.4. The largest absolute Gasteiger partial charge is 0.452 e. The van der Waals surface area contributed by atoms with E-state index in [1.165, 1.54) is 6.92 Å². The fourth-order valence-corrected chi connectivity index (χ4v) is 2.69. The van der Waals surface area contributed by atoms with Gasteiger partial charge in [0.1, 0.15) is 0 Å². The number of ether oxygens (including phenoxy) is 1. The first kappa shape index (κ1) is 17.2. The molecule has 1 aliphatic rings. The molecular formula is C18H23NO4. The third-order valence-electron chi connectivity index (χ3n) is 4.16. The zero-order chi connectivity index (χ0) is 16.8. The first-order valence-corrected chi connectivity index (χ1v) is 8.09. The second-order valence-electron chi connectivity index (χ2n) is 6.04. The van der Waals surface area contributed by atoms with Gasteiger partial charge in [0.15, 0.2) is 11.9 Å². The first-order chi connectivity index (χ1) is 11.0. The van der Waals surface area contributed by atoms with Crippen LogP contribution in [-0.4, -0.2) is 23.8 Å². The van der Waals surface area contributed by atoms with E-state index in [2.05, 4.69) is 5.32 Å². The number of hydrogen-bond donors (Lipinski definition) is 1. The number of carbonyl (C=O) groups is 3. The van der Waals surface area contributed by atoms with E-state index in [0.717, 1.165) is 32.1 Å². The molecule has 124 valence electrons. The third-order valence-corrected chi connectivity index (χ3v) is 4.16. The van der Waals surface area contributed by atoms with Crippen molar-refractivity contribution in [1.29, 1.82) is 0 Å². The van der Waals surface area contributed by atoms with Crippen molar-refractivity contribution < 1.29 is 19.1 Å². The van der Waals surface area contributed by atoms with Crippen LogP contribution in [0.4, 0.5) is 5.69 Å². The van der Waals surface area contributed by atoms with Crippen molar-refractivity contribution in [3.63, 3.8) is 0 Å². The van der Waals surface area contributed by atoms with Crippen molar-refractivity contribution in [1.82, 2.24) is 0 Å². The van der Waals surface area contributed by atoms with Crippen LogP contribution < -0.4 is 5.32 Å². The van der Waals surface area contributed by atoms with Gasteiger partial charge >= 0.3 is 5.97 Å². The van der Waals surface area contributed by atoms with Crippen LogP contribution in [0.3, 0.4) is 0 Å². The zero-order valence-electron chi connectivity index (χ0n) is 13.6. The Bertz CT molecular complexity index is 573. The van der Waals surface area contributed by atoms with Gasteiger partial charge in [0.2, 0.25) is 0 Å². The van der Waals surface area contributed by atoms with Crippen LogP contribution in [0.15, 0.2) is 24.3 Å². The number of rotatable bonds is 5. The number of anilines is 1. The van der Waals surface area contributed by atoms with Crippen molar-refractivity contribution in [2.24, 2.45) is 5.92 Å². The van der Waals surface area contributed by atoms with Crippen LogP contribution in [0.5, 0.6) is 0 Å². The van der Waals surface area contributed by atoms with E-state index in [9.17, 15) is 14.4 Å². The summed E-state index contributed by atoms with van der Waals surface area (Å²) in [5.41, 5.74) is 1.15. The molecule has 0 spiro atoms. The van der Waals surface area contributed by atoms with Crippen LogP contribution in [0.2, 0.25) is 0 Å². The van der Waals surface area contributed by atoms with Gasteiger partial charge < -0.3 is 10.1 Å². The van der Waals surface area contributed by atoms with Crippen molar-refractivity contribution >= 4 is 23.3 Å². The van der Waals surface area contributed by atoms with Crippen molar-refractivity contribution in [2.75, 3.05) is 5.32 Å². The standard InChI is InChI=1S/C18H23NO4/c1-12(20)14-8-10-16(11-9-14)19-17(21)13(2)23-18(22)15-6-4-3-5-7-15/h8-11,13,15H,3-7H2,1-2H3,(H,19,21). The van der Waals surface area contributed by atoms with Crippen LogP contribution >= 0.6 is 0 Å². The smallest absolute Gasteiger partial charge is 0.309 e. The molecule has 1 aliphatic carbocycles. The van der Waals surface area contributed by atoms with E-state index in [0.29, 0.717) is 11.3 Å². The molecule has 1 aromatic rings. The molecule has 1 N–H and O–H groups in total. The Morgan fingerprint density at radius 3 is 2.26 bits per heavy atom. The summed E-state index contributed by atoms with van der Waals surface area (Å²) < 4.78 is 5.28. The van der Waals surface area contributed by atoms with E-state index in [4.69, 9.17) is 4.74 Å². The highest BCUT2D eigenvalue weighted by molar-refractivity contribution is 5.97. The lowest BCUT2D eigenvalue weighted by Gasteiger charge is -2.22. The number of benzene rings is 1. The molecule has 1 saturated carbocycles. The Balaban J connectivity index is 1.86. The maximum Gasteiger partial charge on any atom is 0.309 e. The maximum absolute atomic E-state index is 12.1. The molecule has 5 heteroatoms. The van der Waals surface area contributed by atoms with Crippen LogP contribution in [0, 0.1) is 5.92 Å². The first-order valence-electron chi connectivity index (χ1n) is 8.09. The van der Waals surface area contributed by atoms with Crippen LogP contribution in [0.1, 0.15) is 56.3 Å². The van der Waals surface area contributed by atoms with Crippen molar-refractivity contribution in [2.45, 2.75) is 52.1 Å². The Labute approximate surface area is 136 Å². The number of nitrogens with one attached hydrogen (secondary N) is 1. The topological polar surface area (TPSA) is 72.5 Å². The predicted octanol–water partition coefficient (Wildman–Crippen LogP) is 3.34. The molecule has 0 bridgehead atoms. The van der Waals surface area contributed by atoms with Gasteiger partial charge in [-0.15, -0.1) is 0 Å². The van der Waals surface area contributed by atoms with Gasteiger partial charge in [-0.25, -0.2) is 0 Å². The van der Waals surface area contributed by atoms with Gasteiger partial charge in [-0.05, 0) is 51.0 Å². The Hall–Kier alpha value is -2.17. The summed E-state index contributed by atoms with van der Waals surface area (Å²) in [5, 5.41) is 2.69. The highest BCUT2D eigenvalue weighted by Crippen LogP contribution is 2.25. The molecule has 0 heterocycles. The number of ketones is 1. The zero-order valence-corrected chi connectivity index (χ0v) is 13.6. The Morgan fingerprint density at radius 2 is 1.70 bits per heavy atom. The van der Waals surface area contributed by atoms with E-state index in [-0.39, 0.29) is 23.6 Å². The quantitative estimate of drug-likeness (QED) is 0.668. The molecule has 1 aromatic carbocycles. The summed E-state index contributed by atoms with van der Waals surface area (Å²) in [6.45, 7) is 3.06. The minimum Gasteiger partial charge on any atom is -0.452 e. The molecule has 1 fully saturated rings. The summed E-state index contributed by atoms with van der Waals surface area (Å²) in [5.74, 6) is -0.754. The van der Waals surface area contributed by atoms with Crippen molar-refractivity contribution in [3.8, 4) is 0 Å². The second-order valence-corrected chi connectivity index (χ2v) is 6.04. The molecule has 0 aliphatic heterocycles. The lowest BCUT2D eigenvalue weighted by Crippen LogP contribution is -2.32. The molecular weight excluding hydrogens is 294 g/mol. The summed E-state index contributed by atoms with van der Waals surface area (Å²) >= 11 is 0. The number of carbonyl (C=O) groups excluding carboxylic acids is 3. The fraction of sp³-hybridized carbons (Fsp3) is 0.500. The Morgan fingerprint density at radius 1 is 1.09 bits per heavy atom. The minimum absolute atomic E-state index is 0.0299. The van der Waals surface area contributed by atoms with Gasteiger partial charge in [0.05, 0.1) is 5.92 Å². The molecule has 2 rings (SSSR count). The highest BCUT2D eigenvalue weighted by atomic mass is 16.5. The molecule has 0 saturated heterocycles. The van der Waals surface area contributed by atoms with Gasteiger partial charge in [-0.1, -0.05) is 19.3 Å². The second kappa shape index (κ2) is 7.90. The molecule has 0 radical (unpaired) electrons. The van der Waals surface area contributed by atoms with Crippen LogP contribution in [0.25, 0.3) is 0 Å². The molecule has 0 aromatic heterocycles. The summed E-state index contributed by atoms with van der Waals surface area (Å²) in [4.78, 5) is 35.4. The number of amides is 1. The number of hydrogen-bond acceptors (Lipinski definition) is 4. The summed E-state index contributed by atoms with van der Waals surface area (Å²) in [7, 11) is 0. The van der Waals surface area contributed by atoms with Gasteiger partial charge in [-0.2, -0.15) is 0 Å². The van der Waals surface area contributed by atoms with E-state index in [1.807, 2.05) is 0 Å². The van der Waals surface area contributed by atoms with Gasteiger partial charge in [0.25, 0.3) is 5.91 Å². The lowest BCUT2D eigenvalue weighted by molar-refractivity contribution is -0.158. The third kappa shape index (κ3) is 4.91. The van der Waals surface area contributed by atoms with Crippen molar-refractivity contribution in [3.05, 3.63) is 29.8 Å². The molecule has 23 heavy (non-hydrogen) atoms. The van der Waals surface area contributed by atoms with Gasteiger partial charge in [0, 0.05) is 11.3 Å². The van der Waals surface area contributed by atoms with E-state index >= 15 is 0 Å². The highest BCUT2D eigenvalue weighted by Gasteiger charge is 2.26. The van der Waals surface area contributed by atoms with Crippen LogP contribution in [-0.2, 0) is 14.3 Å². The van der Waals surface area contributed by atoms with E-state index < -0.39 is 6.10 Å². The van der Waals surface area contributed by atoms with E-state index in [1.54, 1.807) is 31.2 Å². The monoisotopic (exact) mass is 317 g/mol. The molecule has 5 nitrogen and oxygen atoms in total. The average molecular weight is 317 g/mol. The Kier molecular flexibility index (Phi) is 5.90. The summed E-state index contributed by atoms with van der Waals surface area (Å²) in [6, 6.07) is 6.61. The van der Waals surface area contributed by atoms with Gasteiger partial charge in [-0.3, -0.25) is 14.4 Å². The number of esters is 1. The molecule has 1 amide bonds. The molecule has 1 atom stereocenters. The molecule has 1 unspecified atom stereocenters. The average Bonchev–Trinajstić information content (AvgIpc) is 2.56. The minimum atomic E-state index is -0.836. The fourth-order valence-electron chi connectivity index (χ4n) is 2.69. The SMILES string of the molecule is CC(=O)c1ccc(NC(=O)C(C)OC(=O)C2CCCCC2)cc1. The number of Topliss-reactive ketones (excluding diaryl/α,β-unsaturated/α-hetero) is 1.